The second-order valence-corrected chi connectivity index (χ2v) is 7.34. The van der Waals surface area contributed by atoms with Crippen molar-refractivity contribution in [1.82, 2.24) is 19.7 Å². The van der Waals surface area contributed by atoms with Gasteiger partial charge in [0.2, 0.25) is 0 Å². The average molecular weight is 370 g/mol. The maximum Gasteiger partial charge on any atom is 0.327 e. The molecule has 1 atom stereocenters. The molecule has 2 fully saturated rings. The summed E-state index contributed by atoms with van der Waals surface area (Å²) in [6.07, 6.45) is 3.79. The van der Waals surface area contributed by atoms with Crippen molar-refractivity contribution in [1.29, 1.82) is 0 Å². The third-order valence-corrected chi connectivity index (χ3v) is 5.70. The van der Waals surface area contributed by atoms with Crippen molar-refractivity contribution in [2.24, 2.45) is 0 Å². The van der Waals surface area contributed by atoms with Crippen LogP contribution in [0, 0.1) is 0 Å². The van der Waals surface area contributed by atoms with Crippen LogP contribution in [0.25, 0.3) is 0 Å². The van der Waals surface area contributed by atoms with Crippen LogP contribution < -0.4 is 0 Å². The number of thiophene rings is 1. The summed E-state index contributed by atoms with van der Waals surface area (Å²) in [5, 5.41) is 1.98. The number of aromatic nitrogens is 1. The van der Waals surface area contributed by atoms with Crippen molar-refractivity contribution in [2.75, 3.05) is 26.2 Å². The van der Waals surface area contributed by atoms with Crippen molar-refractivity contribution in [2.45, 2.75) is 12.5 Å². The molecule has 0 aromatic carbocycles. The van der Waals surface area contributed by atoms with E-state index < -0.39 is 6.04 Å². The van der Waals surface area contributed by atoms with Crippen LogP contribution in [0.5, 0.6) is 0 Å². The van der Waals surface area contributed by atoms with E-state index in [0.29, 0.717) is 31.6 Å². The molecule has 4 rings (SSSR count). The molecule has 2 aromatic heterocycles. The molecule has 0 N–H and O–H groups in total. The molecule has 0 aliphatic carbocycles. The van der Waals surface area contributed by atoms with Crippen molar-refractivity contribution in [3.63, 3.8) is 0 Å². The molecule has 0 radical (unpaired) electrons. The van der Waals surface area contributed by atoms with Gasteiger partial charge in [-0.25, -0.2) is 4.79 Å². The first-order chi connectivity index (χ1) is 12.6. The van der Waals surface area contributed by atoms with E-state index in [-0.39, 0.29) is 24.4 Å². The fourth-order valence-electron chi connectivity index (χ4n) is 3.39. The van der Waals surface area contributed by atoms with Crippen LogP contribution in [-0.4, -0.2) is 69.8 Å². The van der Waals surface area contributed by atoms with Crippen molar-refractivity contribution < 1.29 is 14.4 Å². The molecule has 134 valence electrons. The van der Waals surface area contributed by atoms with Crippen LogP contribution in [0.2, 0.25) is 0 Å². The molecule has 4 amide bonds. The van der Waals surface area contributed by atoms with E-state index in [1.54, 1.807) is 39.5 Å². The summed E-state index contributed by atoms with van der Waals surface area (Å²) in [5.74, 6) is -0.370. The lowest BCUT2D eigenvalue weighted by Gasteiger charge is -2.35. The summed E-state index contributed by atoms with van der Waals surface area (Å²) in [7, 11) is 0. The second-order valence-electron chi connectivity index (χ2n) is 6.30. The normalized spacial score (nSPS) is 19.8. The van der Waals surface area contributed by atoms with Crippen molar-refractivity contribution >= 4 is 29.2 Å². The minimum atomic E-state index is -0.583. The van der Waals surface area contributed by atoms with E-state index in [0.717, 1.165) is 4.88 Å². The Hall–Kier alpha value is -2.74. The average Bonchev–Trinajstić information content (AvgIpc) is 3.28. The Bertz CT molecular complexity index is 824. The van der Waals surface area contributed by atoms with Gasteiger partial charge in [-0.2, -0.15) is 0 Å². The summed E-state index contributed by atoms with van der Waals surface area (Å²) in [6.45, 7) is 1.40. The Morgan fingerprint density at radius 1 is 1.23 bits per heavy atom. The number of carbonyl (C=O) groups is 3. The molecule has 0 spiro atoms. The summed E-state index contributed by atoms with van der Waals surface area (Å²) >= 11 is 1.61. The van der Waals surface area contributed by atoms with Gasteiger partial charge in [0.05, 0.1) is 12.1 Å². The maximum atomic E-state index is 12.7. The van der Waals surface area contributed by atoms with E-state index in [1.165, 1.54) is 11.1 Å². The Labute approximate surface area is 154 Å². The van der Waals surface area contributed by atoms with Gasteiger partial charge < -0.3 is 9.80 Å². The monoisotopic (exact) mass is 370 g/mol. The molecule has 2 saturated heterocycles. The van der Waals surface area contributed by atoms with Crippen molar-refractivity contribution in [3.8, 4) is 0 Å². The highest BCUT2D eigenvalue weighted by atomic mass is 32.1. The third-order valence-electron chi connectivity index (χ3n) is 4.77. The van der Waals surface area contributed by atoms with Gasteiger partial charge in [-0.3, -0.25) is 19.5 Å². The van der Waals surface area contributed by atoms with Gasteiger partial charge in [-0.05, 0) is 30.0 Å². The number of nitrogens with zero attached hydrogens (tertiary/aromatic N) is 4. The predicted octanol–water partition coefficient (Wildman–Crippen LogP) is 1.47. The number of rotatable bonds is 4. The quantitative estimate of drug-likeness (QED) is 0.764. The number of amides is 4. The zero-order valence-corrected chi connectivity index (χ0v) is 14.9. The lowest BCUT2D eigenvalue weighted by Crippen LogP contribution is -2.54. The number of fused-ring (bicyclic) bond motifs is 1. The molecule has 7 nitrogen and oxygen atoms in total. The standard InChI is InChI=1S/C18H18N4O3S/c23-16(13-3-1-6-19-11-13)20-8-9-21-15(12-20)17(24)22(18(21)25)7-5-14-4-2-10-26-14/h1-4,6,10-11,15H,5,7-9,12H2/t15-/m1/s1. The molecular formula is C18H18N4O3S. The number of hydrogen-bond acceptors (Lipinski definition) is 5. The zero-order valence-electron chi connectivity index (χ0n) is 14.1. The van der Waals surface area contributed by atoms with Crippen LogP contribution in [0.4, 0.5) is 4.79 Å². The first kappa shape index (κ1) is 16.7. The molecule has 2 aromatic rings. The summed E-state index contributed by atoms with van der Waals surface area (Å²) in [5.41, 5.74) is 0.493. The number of pyridine rings is 1. The Balaban J connectivity index is 1.44. The lowest BCUT2D eigenvalue weighted by atomic mass is 10.1. The largest absolute Gasteiger partial charge is 0.334 e. The second kappa shape index (κ2) is 6.87. The van der Waals surface area contributed by atoms with Crippen molar-refractivity contribution in [3.05, 3.63) is 52.5 Å². The topological polar surface area (TPSA) is 73.8 Å². The van der Waals surface area contributed by atoms with E-state index in [9.17, 15) is 14.4 Å². The Morgan fingerprint density at radius 3 is 2.85 bits per heavy atom. The molecule has 2 aliphatic rings. The number of carbonyl (C=O) groups excluding carboxylic acids is 3. The highest BCUT2D eigenvalue weighted by Gasteiger charge is 2.48. The highest BCUT2D eigenvalue weighted by molar-refractivity contribution is 7.09. The Morgan fingerprint density at radius 2 is 2.12 bits per heavy atom. The van der Waals surface area contributed by atoms with Crippen LogP contribution in [0.3, 0.4) is 0 Å². The van der Waals surface area contributed by atoms with Gasteiger partial charge in [-0.15, -0.1) is 11.3 Å². The number of imide groups is 1. The van der Waals surface area contributed by atoms with Gasteiger partial charge in [0.1, 0.15) is 6.04 Å². The van der Waals surface area contributed by atoms with E-state index in [1.807, 2.05) is 17.5 Å². The van der Waals surface area contributed by atoms with Crippen LogP contribution >= 0.6 is 11.3 Å². The molecule has 0 saturated carbocycles. The molecule has 0 unspecified atom stereocenters. The molecule has 0 bridgehead atoms. The highest BCUT2D eigenvalue weighted by Crippen LogP contribution is 2.23. The van der Waals surface area contributed by atoms with Gasteiger partial charge in [0.15, 0.2) is 0 Å². The van der Waals surface area contributed by atoms with E-state index >= 15 is 0 Å². The Kier molecular flexibility index (Phi) is 4.42. The minimum Gasteiger partial charge on any atom is -0.334 e. The summed E-state index contributed by atoms with van der Waals surface area (Å²) < 4.78 is 0. The summed E-state index contributed by atoms with van der Waals surface area (Å²) in [6, 6.07) is 6.54. The predicted molar refractivity (Wildman–Crippen MR) is 95.8 cm³/mol. The summed E-state index contributed by atoms with van der Waals surface area (Å²) in [4.78, 5) is 47.6. The molecule has 4 heterocycles. The first-order valence-electron chi connectivity index (χ1n) is 8.49. The van der Waals surface area contributed by atoms with E-state index in [4.69, 9.17) is 0 Å². The third kappa shape index (κ3) is 2.96. The molecule has 2 aliphatic heterocycles. The number of piperazine rings is 1. The molecule has 26 heavy (non-hydrogen) atoms. The van der Waals surface area contributed by atoms with Gasteiger partial charge in [-0.1, -0.05) is 6.07 Å². The fraction of sp³-hybridized carbons (Fsp3) is 0.333. The van der Waals surface area contributed by atoms with Gasteiger partial charge in [0, 0.05) is 36.9 Å². The number of urea groups is 1. The van der Waals surface area contributed by atoms with Crippen LogP contribution in [-0.2, 0) is 11.2 Å². The molecular weight excluding hydrogens is 352 g/mol. The van der Waals surface area contributed by atoms with Crippen LogP contribution in [0.15, 0.2) is 42.0 Å². The lowest BCUT2D eigenvalue weighted by molar-refractivity contribution is -0.129. The van der Waals surface area contributed by atoms with Gasteiger partial charge >= 0.3 is 6.03 Å². The maximum absolute atomic E-state index is 12.7. The first-order valence-corrected chi connectivity index (χ1v) is 9.37. The zero-order chi connectivity index (χ0) is 18.1. The van der Waals surface area contributed by atoms with E-state index in [2.05, 4.69) is 4.98 Å². The van der Waals surface area contributed by atoms with Gasteiger partial charge in [0.25, 0.3) is 11.8 Å². The fourth-order valence-corrected chi connectivity index (χ4v) is 4.09. The number of hydrogen-bond donors (Lipinski definition) is 0. The smallest absolute Gasteiger partial charge is 0.327 e. The minimum absolute atomic E-state index is 0.157. The SMILES string of the molecule is O=C(c1cccnc1)N1CCN2C(=O)N(CCc3cccs3)C(=O)[C@H]2C1. The van der Waals surface area contributed by atoms with Crippen LogP contribution in [0.1, 0.15) is 15.2 Å². The molecule has 8 heteroatoms.